The Morgan fingerprint density at radius 1 is 1.04 bits per heavy atom. The predicted octanol–water partition coefficient (Wildman–Crippen LogP) is 4.40. The van der Waals surface area contributed by atoms with E-state index in [9.17, 15) is 4.79 Å². The molecule has 0 spiro atoms. The van der Waals surface area contributed by atoms with Gasteiger partial charge in [0.1, 0.15) is 11.5 Å². The van der Waals surface area contributed by atoms with Crippen molar-refractivity contribution in [3.63, 3.8) is 0 Å². The van der Waals surface area contributed by atoms with E-state index < -0.39 is 0 Å². The van der Waals surface area contributed by atoms with Crippen molar-refractivity contribution in [3.05, 3.63) is 48.2 Å². The van der Waals surface area contributed by atoms with Gasteiger partial charge in [0.05, 0.1) is 19.9 Å². The number of furan rings is 1. The number of Topliss-reactive ketones (excluding diaryl/α,β-unsaturated/α-hetero) is 1. The second-order valence-electron chi connectivity index (χ2n) is 5.12. The topological polar surface area (TPSA) is 60.7 Å². The maximum Gasteiger partial charge on any atom is 0.194 e. The van der Waals surface area contributed by atoms with Crippen LogP contribution < -0.4 is 14.8 Å². The van der Waals surface area contributed by atoms with Gasteiger partial charge in [0.2, 0.25) is 0 Å². The Morgan fingerprint density at radius 2 is 1.74 bits per heavy atom. The second-order valence-corrected chi connectivity index (χ2v) is 5.12. The highest BCUT2D eigenvalue weighted by molar-refractivity contribution is 5.99. The molecule has 0 saturated heterocycles. The fraction of sp³-hybridized carbons (Fsp3) is 0.167. The number of anilines is 2. The van der Waals surface area contributed by atoms with E-state index in [1.165, 1.54) is 6.92 Å². The summed E-state index contributed by atoms with van der Waals surface area (Å²) in [5.74, 6) is 1.61. The number of fused-ring (bicyclic) bond motifs is 1. The van der Waals surface area contributed by atoms with Crippen LogP contribution in [-0.4, -0.2) is 20.0 Å². The van der Waals surface area contributed by atoms with Crippen molar-refractivity contribution in [3.8, 4) is 11.5 Å². The Balaban J connectivity index is 2.03. The highest BCUT2D eigenvalue weighted by Crippen LogP contribution is 2.32. The number of nitrogens with one attached hydrogen (secondary N) is 1. The lowest BCUT2D eigenvalue weighted by molar-refractivity contribution is 0.0989. The Labute approximate surface area is 133 Å². The van der Waals surface area contributed by atoms with Crippen LogP contribution in [0.1, 0.15) is 17.5 Å². The first-order chi connectivity index (χ1) is 11.1. The van der Waals surface area contributed by atoms with Gasteiger partial charge in [0.15, 0.2) is 17.1 Å². The molecule has 3 aromatic rings. The molecule has 1 heterocycles. The highest BCUT2D eigenvalue weighted by atomic mass is 16.5. The van der Waals surface area contributed by atoms with Gasteiger partial charge in [0.25, 0.3) is 0 Å². The van der Waals surface area contributed by atoms with Crippen LogP contribution in [0.2, 0.25) is 0 Å². The quantitative estimate of drug-likeness (QED) is 0.708. The smallest absolute Gasteiger partial charge is 0.194 e. The lowest BCUT2D eigenvalue weighted by atomic mass is 10.2. The summed E-state index contributed by atoms with van der Waals surface area (Å²) < 4.78 is 16.2. The molecule has 0 bridgehead atoms. The van der Waals surface area contributed by atoms with Crippen molar-refractivity contribution in [1.29, 1.82) is 0 Å². The van der Waals surface area contributed by atoms with Gasteiger partial charge in [-0.3, -0.25) is 4.79 Å². The van der Waals surface area contributed by atoms with Crippen LogP contribution in [0.3, 0.4) is 0 Å². The van der Waals surface area contributed by atoms with Crippen LogP contribution in [0.4, 0.5) is 11.4 Å². The first kappa shape index (κ1) is 15.0. The third-order valence-corrected chi connectivity index (χ3v) is 3.52. The van der Waals surface area contributed by atoms with Gasteiger partial charge in [-0.2, -0.15) is 0 Å². The molecule has 118 valence electrons. The number of para-hydroxylation sites is 1. The minimum absolute atomic E-state index is 0.102. The highest BCUT2D eigenvalue weighted by Gasteiger charge is 2.12. The van der Waals surface area contributed by atoms with E-state index in [1.807, 2.05) is 30.3 Å². The molecule has 0 unspecified atom stereocenters. The number of benzene rings is 2. The van der Waals surface area contributed by atoms with Crippen molar-refractivity contribution in [1.82, 2.24) is 0 Å². The molecule has 5 nitrogen and oxygen atoms in total. The Hall–Kier alpha value is -2.95. The minimum atomic E-state index is -0.102. The Bertz CT molecular complexity index is 844. The van der Waals surface area contributed by atoms with Crippen LogP contribution in [-0.2, 0) is 0 Å². The molecule has 1 N–H and O–H groups in total. The Kier molecular flexibility index (Phi) is 3.93. The number of carbonyl (C=O) groups is 1. The van der Waals surface area contributed by atoms with Gasteiger partial charge in [-0.25, -0.2) is 0 Å². The van der Waals surface area contributed by atoms with E-state index in [0.717, 1.165) is 16.8 Å². The van der Waals surface area contributed by atoms with E-state index in [4.69, 9.17) is 13.9 Å². The van der Waals surface area contributed by atoms with Crippen LogP contribution in [0.5, 0.6) is 11.5 Å². The summed E-state index contributed by atoms with van der Waals surface area (Å²) in [6, 6.07) is 13.0. The molecular weight excluding hydrogens is 294 g/mol. The lowest BCUT2D eigenvalue weighted by Gasteiger charge is -2.11. The summed E-state index contributed by atoms with van der Waals surface area (Å²) in [6.07, 6.45) is 0. The molecule has 5 heteroatoms. The maximum absolute atomic E-state index is 11.5. The second kappa shape index (κ2) is 6.04. The van der Waals surface area contributed by atoms with Crippen LogP contribution >= 0.6 is 0 Å². The van der Waals surface area contributed by atoms with Crippen LogP contribution in [0, 0.1) is 0 Å². The summed E-state index contributed by atoms with van der Waals surface area (Å²) in [5, 5.41) is 4.15. The zero-order valence-corrected chi connectivity index (χ0v) is 13.2. The number of rotatable bonds is 5. The molecule has 1 aromatic heterocycles. The van der Waals surface area contributed by atoms with E-state index in [0.29, 0.717) is 22.8 Å². The average molecular weight is 311 g/mol. The summed E-state index contributed by atoms with van der Waals surface area (Å²) in [5.41, 5.74) is 2.21. The molecule has 23 heavy (non-hydrogen) atoms. The average Bonchev–Trinajstić information content (AvgIpc) is 3.00. The van der Waals surface area contributed by atoms with Crippen molar-refractivity contribution < 1.29 is 18.7 Å². The van der Waals surface area contributed by atoms with Crippen LogP contribution in [0.15, 0.2) is 46.9 Å². The number of ketones is 1. The Morgan fingerprint density at radius 3 is 2.35 bits per heavy atom. The number of hydrogen-bond donors (Lipinski definition) is 1. The molecular formula is C18H17NO4. The predicted molar refractivity (Wildman–Crippen MR) is 89.0 cm³/mol. The third kappa shape index (κ3) is 2.99. The molecule has 0 fully saturated rings. The monoisotopic (exact) mass is 311 g/mol. The van der Waals surface area contributed by atoms with Crippen molar-refractivity contribution in [2.24, 2.45) is 0 Å². The van der Waals surface area contributed by atoms with E-state index in [-0.39, 0.29) is 5.78 Å². The molecule has 0 aliphatic carbocycles. The zero-order chi connectivity index (χ0) is 16.4. The number of methoxy groups -OCH3 is 2. The zero-order valence-electron chi connectivity index (χ0n) is 13.2. The van der Waals surface area contributed by atoms with Gasteiger partial charge in [-0.15, -0.1) is 0 Å². The van der Waals surface area contributed by atoms with Gasteiger partial charge in [-0.1, -0.05) is 12.1 Å². The van der Waals surface area contributed by atoms with Gasteiger partial charge >= 0.3 is 0 Å². The van der Waals surface area contributed by atoms with Crippen molar-refractivity contribution >= 4 is 28.1 Å². The van der Waals surface area contributed by atoms with E-state index >= 15 is 0 Å². The molecule has 0 aliphatic rings. The molecule has 0 atom stereocenters. The SMILES string of the molecule is COc1cc(Nc2cccc3cc(C(C)=O)oc23)cc(OC)c1. The van der Waals surface area contributed by atoms with Gasteiger partial charge in [-0.05, 0) is 12.1 Å². The molecule has 0 radical (unpaired) electrons. The van der Waals surface area contributed by atoms with Crippen molar-refractivity contribution in [2.75, 3.05) is 19.5 Å². The summed E-state index contributed by atoms with van der Waals surface area (Å²) in [7, 11) is 3.20. The summed E-state index contributed by atoms with van der Waals surface area (Å²) >= 11 is 0. The molecule has 3 rings (SSSR count). The largest absolute Gasteiger partial charge is 0.497 e. The first-order valence-electron chi connectivity index (χ1n) is 7.14. The van der Waals surface area contributed by atoms with Crippen molar-refractivity contribution in [2.45, 2.75) is 6.92 Å². The van der Waals surface area contributed by atoms with Crippen LogP contribution in [0.25, 0.3) is 11.0 Å². The third-order valence-electron chi connectivity index (χ3n) is 3.52. The number of hydrogen-bond acceptors (Lipinski definition) is 5. The number of carbonyl (C=O) groups excluding carboxylic acids is 1. The van der Waals surface area contributed by atoms with Gasteiger partial charge < -0.3 is 19.2 Å². The normalized spacial score (nSPS) is 10.6. The molecule has 2 aromatic carbocycles. The minimum Gasteiger partial charge on any atom is -0.497 e. The van der Waals surface area contributed by atoms with E-state index in [1.54, 1.807) is 26.4 Å². The first-order valence-corrected chi connectivity index (χ1v) is 7.14. The number of ether oxygens (including phenoxy) is 2. The summed E-state index contributed by atoms with van der Waals surface area (Å²) in [6.45, 7) is 1.48. The van der Waals surface area contributed by atoms with E-state index in [2.05, 4.69) is 5.32 Å². The molecule has 0 amide bonds. The molecule has 0 saturated carbocycles. The maximum atomic E-state index is 11.5. The summed E-state index contributed by atoms with van der Waals surface area (Å²) in [4.78, 5) is 11.5. The lowest BCUT2D eigenvalue weighted by Crippen LogP contribution is -1.94. The van der Waals surface area contributed by atoms with Gasteiger partial charge in [0, 0.05) is 36.2 Å². The fourth-order valence-corrected chi connectivity index (χ4v) is 2.37. The molecule has 0 aliphatic heterocycles. The fourth-order valence-electron chi connectivity index (χ4n) is 2.37. The standard InChI is InChI=1S/C18H17NO4/c1-11(20)17-7-12-5-4-6-16(18(12)23-17)19-13-8-14(21-2)10-15(9-13)22-3/h4-10,19H,1-3H3.